The monoisotopic (exact) mass is 348 g/mol. The molecule has 0 bridgehead atoms. The second kappa shape index (κ2) is 594. The number of halogens is 3. The maximum Gasteiger partial charge on any atom is 0 e. The molecular weight excluding hydrogens is 353 g/mol. The minimum Gasteiger partial charge on any atom is -1.00 e. The summed E-state index contributed by atoms with van der Waals surface area (Å²) in [5.41, 5.74) is 0. The SMILES string of the molecule is [Cl-].[Cl-].[Cl-].[Cm]. The molecule has 4 heavy (non-hydrogen) atoms. The average molecular weight is 353 g/mol. The van der Waals surface area contributed by atoms with Crippen molar-refractivity contribution in [2.75, 3.05) is 0 Å². The van der Waals surface area contributed by atoms with Crippen LogP contribution in [0, 0.1) is 0 Å². The van der Waals surface area contributed by atoms with Crippen LogP contribution in [0.3, 0.4) is 0 Å². The van der Waals surface area contributed by atoms with Gasteiger partial charge in [-0.05, 0) is 0 Å². The molecule has 32 valence electrons. The number of hydrogen-bond acceptors (Lipinski definition) is 0. The maximum atomic E-state index is 0. The van der Waals surface area contributed by atoms with Crippen LogP contribution in [0.4, 0.5) is 0 Å². The molecule has 0 aliphatic rings. The Bertz CT molecular complexity index is 3.25. The van der Waals surface area contributed by atoms with Gasteiger partial charge in [-0.15, -0.1) is 0 Å². The summed E-state index contributed by atoms with van der Waals surface area (Å²) in [7, 11) is 0. The van der Waals surface area contributed by atoms with Crippen molar-refractivity contribution in [1.82, 2.24) is 0 Å². The van der Waals surface area contributed by atoms with Crippen LogP contribution in [0.5, 0.6) is 0 Å². The zero-order valence-electron chi connectivity index (χ0n) is 1.49. The molecule has 0 saturated carbocycles. The summed E-state index contributed by atoms with van der Waals surface area (Å²) < 4.78 is 0. The summed E-state index contributed by atoms with van der Waals surface area (Å²) in [5.74, 6) is 0. The smallest absolute Gasteiger partial charge is 0 e. The van der Waals surface area contributed by atoms with Crippen LogP contribution < -0.4 is 37.2 Å². The van der Waals surface area contributed by atoms with Gasteiger partial charge in [0.05, 0.1) is 0 Å². The zero-order valence-corrected chi connectivity index (χ0v) is 6.70. The fourth-order valence-corrected chi connectivity index (χ4v) is 0. The van der Waals surface area contributed by atoms with Gasteiger partial charge in [0, 0.05) is 0 Å². The van der Waals surface area contributed by atoms with Gasteiger partial charge in [-0.25, -0.2) is 0 Å². The predicted molar refractivity (Wildman–Crippen MR) is 0 cm³/mol. The molecule has 0 nitrogen and oxygen atoms in total. The Morgan fingerprint density at radius 1 is 0.500 bits per heavy atom. The van der Waals surface area contributed by atoms with Crippen molar-refractivity contribution in [1.29, 1.82) is 0 Å². The molecular formula is Cl3Cm-3. The topological polar surface area (TPSA) is 0 Å². The summed E-state index contributed by atoms with van der Waals surface area (Å²) in [4.78, 5) is 0. The summed E-state index contributed by atoms with van der Waals surface area (Å²) in [6, 6.07) is 0. The van der Waals surface area contributed by atoms with Gasteiger partial charge >= 0.3 is 0 Å². The molecule has 0 unspecified atom stereocenters. The van der Waals surface area contributed by atoms with E-state index in [1.165, 1.54) is 0 Å². The Hall–Kier alpha value is -0.130. The Morgan fingerprint density at radius 3 is 0.500 bits per heavy atom. The Kier molecular flexibility index (Phi) is 280000. The van der Waals surface area contributed by atoms with Crippen molar-refractivity contribution in [3.05, 3.63) is 0 Å². The van der Waals surface area contributed by atoms with E-state index >= 15 is 0 Å². The van der Waals surface area contributed by atoms with Gasteiger partial charge in [-0.1, -0.05) is 0 Å². The summed E-state index contributed by atoms with van der Waals surface area (Å²) in [6.45, 7) is 0. The zero-order chi connectivity index (χ0) is 0. The van der Waals surface area contributed by atoms with E-state index in [4.69, 9.17) is 0 Å². The molecule has 0 N–H and O–H groups in total. The van der Waals surface area contributed by atoms with E-state index in [-0.39, 0.29) is 37.2 Å². The maximum absolute atomic E-state index is 0. The average Bonchev–Trinajstić information content (AvgIpc) is 0. The van der Waals surface area contributed by atoms with Crippen molar-refractivity contribution in [3.63, 3.8) is 0 Å². The molecule has 0 aromatic rings. The molecule has 0 spiro atoms. The van der Waals surface area contributed by atoms with Crippen LogP contribution in [-0.2, 0) is 0 Å². The van der Waals surface area contributed by atoms with Gasteiger partial charge in [-0.2, -0.15) is 0 Å². The molecule has 0 radical (unpaired) electrons. The van der Waals surface area contributed by atoms with E-state index in [9.17, 15) is 0 Å². The Labute approximate surface area is 37.8 Å². The van der Waals surface area contributed by atoms with Gasteiger partial charge in [-0.3, -0.25) is 0 Å². The standard InChI is InChI=1S/3ClH.Cm/h3*1H;/p-3. The van der Waals surface area contributed by atoms with Gasteiger partial charge in [0.25, 0.3) is 0 Å². The molecule has 0 aliphatic carbocycles. The predicted octanol–water partition coefficient (Wildman–Crippen LogP) is -8.99. The van der Waals surface area contributed by atoms with E-state index in [0.717, 1.165) is 0 Å². The number of rotatable bonds is 0. The van der Waals surface area contributed by atoms with Crippen LogP contribution in [0.2, 0.25) is 0 Å². The van der Waals surface area contributed by atoms with Crippen LogP contribution in [0.15, 0.2) is 0 Å². The van der Waals surface area contributed by atoms with Gasteiger partial charge in [0.15, 0.2) is 0 Å². The Balaban J connectivity index is 0. The number of hydrogen-bond donors (Lipinski definition) is 0. The Morgan fingerprint density at radius 2 is 0.500 bits per heavy atom. The van der Waals surface area contributed by atoms with Crippen molar-refractivity contribution in [3.8, 4) is 0 Å². The molecule has 4 heteroatoms. The first-order valence-corrected chi connectivity index (χ1v) is 0. The van der Waals surface area contributed by atoms with Crippen LogP contribution in [0.25, 0.3) is 0 Å². The quantitative estimate of drug-likeness (QED) is 0.406. The van der Waals surface area contributed by atoms with E-state index in [2.05, 4.69) is 0 Å². The normalized spacial score (nSPS) is 0. The fraction of sp³-hybridized carbons (Fsp3) is 0. The molecule has 0 aliphatic heterocycles. The molecule has 0 rings (SSSR count). The van der Waals surface area contributed by atoms with Gasteiger partial charge in [0.1, 0.15) is 0 Å². The third-order valence-corrected chi connectivity index (χ3v) is 0. The van der Waals surface area contributed by atoms with Gasteiger partial charge < -0.3 is 37.2 Å². The third kappa shape index (κ3) is 83.8. The molecule has 0 atom stereocenters. The second-order valence-corrected chi connectivity index (χ2v) is 0. The second-order valence-electron chi connectivity index (χ2n) is 0. The van der Waals surface area contributed by atoms with Crippen LogP contribution in [0.1, 0.15) is 0 Å². The van der Waals surface area contributed by atoms with Crippen molar-refractivity contribution >= 4 is 0 Å². The molecule has 0 fully saturated rings. The minimum absolute atomic E-state index is 0. The van der Waals surface area contributed by atoms with E-state index in [0.29, 0.717) is 0 Å². The molecule has 0 heterocycles. The van der Waals surface area contributed by atoms with Crippen molar-refractivity contribution < 1.29 is 37.2 Å². The van der Waals surface area contributed by atoms with Gasteiger partial charge in [0.2, 0.25) is 0 Å². The van der Waals surface area contributed by atoms with E-state index in [1.807, 2.05) is 0 Å². The summed E-state index contributed by atoms with van der Waals surface area (Å²) >= 11 is 0. The first-order chi connectivity index (χ1) is 0. The minimum atomic E-state index is 0. The van der Waals surface area contributed by atoms with Crippen molar-refractivity contribution in [2.45, 2.75) is 0 Å². The first kappa shape index (κ1) is 1890. The van der Waals surface area contributed by atoms with Crippen LogP contribution >= 0.6 is 0 Å². The summed E-state index contributed by atoms with van der Waals surface area (Å²) in [6.07, 6.45) is 0. The molecule has 0 aromatic heterocycles. The molecule has 0 amide bonds. The molecule has 0 saturated heterocycles. The van der Waals surface area contributed by atoms with Crippen LogP contribution in [-0.4, -0.2) is 0 Å². The fourth-order valence-electron chi connectivity index (χ4n) is 0. The summed E-state index contributed by atoms with van der Waals surface area (Å²) in [5, 5.41) is 0. The van der Waals surface area contributed by atoms with E-state index in [1.54, 1.807) is 0 Å². The largest absolute Gasteiger partial charge is 1.00 e. The van der Waals surface area contributed by atoms with Crippen molar-refractivity contribution in [2.24, 2.45) is 0 Å². The van der Waals surface area contributed by atoms with E-state index < -0.39 is 0 Å². The molecule has 0 aromatic carbocycles. The first-order valence-electron chi connectivity index (χ1n) is 0. The third-order valence-electron chi connectivity index (χ3n) is 0.